The predicted octanol–water partition coefficient (Wildman–Crippen LogP) is 3.33. The number of ketones is 1. The Morgan fingerprint density at radius 3 is 2.88 bits per heavy atom. The molecular weight excluding hydrogens is 300 g/mol. The number of rotatable bonds is 0. The predicted molar refractivity (Wildman–Crippen MR) is 90.1 cm³/mol. The summed E-state index contributed by atoms with van der Waals surface area (Å²) in [6.45, 7) is 4.86. The third kappa shape index (κ3) is 1.63. The molecule has 2 aromatic rings. The Labute approximate surface area is 140 Å². The molecule has 4 nitrogen and oxygen atoms in total. The molecule has 0 unspecified atom stereocenters. The second-order valence-corrected chi connectivity index (χ2v) is 8.05. The Bertz CT molecular complexity index is 906. The number of fused-ring (bicyclic) bond motifs is 5. The van der Waals surface area contributed by atoms with Gasteiger partial charge in [0.1, 0.15) is 12.4 Å². The smallest absolute Gasteiger partial charge is 0.160 e. The molecule has 122 valence electrons. The van der Waals surface area contributed by atoms with Crippen LogP contribution in [0.3, 0.4) is 0 Å². The lowest BCUT2D eigenvalue weighted by atomic mass is 9.58. The van der Waals surface area contributed by atoms with Crippen LogP contribution in [0.5, 0.6) is 5.75 Å². The van der Waals surface area contributed by atoms with Crippen molar-refractivity contribution in [3.8, 4) is 5.75 Å². The Kier molecular flexibility index (Phi) is 2.56. The number of benzene rings is 1. The SMILES string of the molecule is CC1(C)CC(=O)C2=C(Cc3[nH]ncc3[C@]23COc2ccccc23)C1. The first kappa shape index (κ1) is 14.0. The summed E-state index contributed by atoms with van der Waals surface area (Å²) in [6.07, 6.45) is 4.24. The second kappa shape index (κ2) is 4.38. The fourth-order valence-electron chi connectivity index (χ4n) is 4.94. The lowest BCUT2D eigenvalue weighted by Gasteiger charge is -2.42. The van der Waals surface area contributed by atoms with E-state index >= 15 is 0 Å². The third-order valence-electron chi connectivity index (χ3n) is 5.75. The summed E-state index contributed by atoms with van der Waals surface area (Å²) < 4.78 is 6.04. The number of hydrogen-bond acceptors (Lipinski definition) is 3. The van der Waals surface area contributed by atoms with Crippen LogP contribution in [0.25, 0.3) is 0 Å². The van der Waals surface area contributed by atoms with E-state index in [-0.39, 0.29) is 11.2 Å². The third-order valence-corrected chi connectivity index (χ3v) is 5.75. The van der Waals surface area contributed by atoms with Gasteiger partial charge in [0.2, 0.25) is 0 Å². The molecule has 1 atom stereocenters. The number of ether oxygens (including phenoxy) is 1. The van der Waals surface area contributed by atoms with E-state index in [2.05, 4.69) is 30.1 Å². The number of hydrogen-bond donors (Lipinski definition) is 1. The van der Waals surface area contributed by atoms with Crippen LogP contribution in [-0.4, -0.2) is 22.6 Å². The molecular formula is C20H20N2O2. The minimum absolute atomic E-state index is 0.0214. The molecule has 1 aromatic heterocycles. The first-order valence-corrected chi connectivity index (χ1v) is 8.52. The highest BCUT2D eigenvalue weighted by Gasteiger charge is 2.54. The number of aromatic nitrogens is 2. The van der Waals surface area contributed by atoms with Crippen LogP contribution < -0.4 is 4.74 Å². The quantitative estimate of drug-likeness (QED) is 0.810. The van der Waals surface area contributed by atoms with E-state index in [9.17, 15) is 4.79 Å². The highest BCUT2D eigenvalue weighted by Crippen LogP contribution is 2.56. The number of nitrogens with zero attached hydrogens (tertiary/aromatic N) is 1. The number of aromatic amines is 1. The standard InChI is InChI=1S/C20H20N2O2/c1-19(2)8-12-7-15-14(10-21-22-15)20(18(12)16(23)9-19)11-24-17-6-4-3-5-13(17)20/h3-6,10H,7-9,11H2,1-2H3,(H,21,22)/t20-/m1/s1. The summed E-state index contributed by atoms with van der Waals surface area (Å²) >= 11 is 0. The fraction of sp³-hybridized carbons (Fsp3) is 0.400. The lowest BCUT2D eigenvalue weighted by molar-refractivity contribution is -0.118. The number of allylic oxidation sites excluding steroid dienone is 1. The summed E-state index contributed by atoms with van der Waals surface area (Å²) in [6, 6.07) is 8.11. The zero-order valence-corrected chi connectivity index (χ0v) is 14.0. The van der Waals surface area contributed by atoms with Crippen molar-refractivity contribution in [2.75, 3.05) is 6.61 Å². The van der Waals surface area contributed by atoms with Crippen LogP contribution in [0, 0.1) is 5.41 Å². The molecule has 0 amide bonds. The Hall–Kier alpha value is -2.36. The van der Waals surface area contributed by atoms with Gasteiger partial charge in [0, 0.05) is 35.2 Å². The number of Topliss-reactive ketones (excluding diaryl/α,β-unsaturated/α-hetero) is 1. The number of para-hydroxylation sites is 1. The van der Waals surface area contributed by atoms with Gasteiger partial charge in [-0.3, -0.25) is 9.89 Å². The van der Waals surface area contributed by atoms with Gasteiger partial charge in [0.05, 0.1) is 11.6 Å². The van der Waals surface area contributed by atoms with Crippen LogP contribution in [0.2, 0.25) is 0 Å². The van der Waals surface area contributed by atoms with Crippen molar-refractivity contribution in [1.29, 1.82) is 0 Å². The van der Waals surface area contributed by atoms with E-state index in [0.717, 1.165) is 41.0 Å². The van der Waals surface area contributed by atoms with Gasteiger partial charge in [-0.05, 0) is 17.9 Å². The van der Waals surface area contributed by atoms with Crippen molar-refractivity contribution in [2.24, 2.45) is 5.41 Å². The number of H-pyrrole nitrogens is 1. The van der Waals surface area contributed by atoms with Crippen LogP contribution >= 0.6 is 0 Å². The first-order chi connectivity index (χ1) is 11.5. The highest BCUT2D eigenvalue weighted by molar-refractivity contribution is 6.02. The second-order valence-electron chi connectivity index (χ2n) is 8.05. The van der Waals surface area contributed by atoms with Gasteiger partial charge >= 0.3 is 0 Å². The Balaban J connectivity index is 1.83. The monoisotopic (exact) mass is 320 g/mol. The van der Waals surface area contributed by atoms with Crippen LogP contribution in [0.4, 0.5) is 0 Å². The molecule has 2 aliphatic carbocycles. The van der Waals surface area contributed by atoms with E-state index < -0.39 is 5.41 Å². The molecule has 4 heteroatoms. The van der Waals surface area contributed by atoms with Gasteiger partial charge in [-0.2, -0.15) is 5.10 Å². The van der Waals surface area contributed by atoms with Crippen LogP contribution in [-0.2, 0) is 16.6 Å². The van der Waals surface area contributed by atoms with E-state index in [4.69, 9.17) is 4.74 Å². The molecule has 0 radical (unpaired) electrons. The molecule has 1 aromatic carbocycles. The van der Waals surface area contributed by atoms with Crippen molar-refractivity contribution in [3.63, 3.8) is 0 Å². The molecule has 0 saturated carbocycles. The summed E-state index contributed by atoms with van der Waals surface area (Å²) in [4.78, 5) is 13.2. The van der Waals surface area contributed by atoms with Crippen LogP contribution in [0.1, 0.15) is 43.5 Å². The van der Waals surface area contributed by atoms with E-state index in [0.29, 0.717) is 13.0 Å². The maximum absolute atomic E-state index is 13.2. The van der Waals surface area contributed by atoms with Gasteiger partial charge in [0.25, 0.3) is 0 Å². The molecule has 1 spiro atoms. The van der Waals surface area contributed by atoms with Crippen molar-refractivity contribution < 1.29 is 9.53 Å². The number of nitrogens with one attached hydrogen (secondary N) is 1. The van der Waals surface area contributed by atoms with E-state index in [1.54, 1.807) is 0 Å². The molecule has 3 aliphatic rings. The largest absolute Gasteiger partial charge is 0.492 e. The molecule has 1 N–H and O–H groups in total. The Morgan fingerprint density at radius 1 is 1.17 bits per heavy atom. The molecule has 0 saturated heterocycles. The average Bonchev–Trinajstić information content (AvgIpc) is 3.12. The normalized spacial score (nSPS) is 26.8. The first-order valence-electron chi connectivity index (χ1n) is 8.52. The van der Waals surface area contributed by atoms with Gasteiger partial charge in [0.15, 0.2) is 5.78 Å². The highest BCUT2D eigenvalue weighted by atomic mass is 16.5. The van der Waals surface area contributed by atoms with Crippen molar-refractivity contribution >= 4 is 5.78 Å². The topological polar surface area (TPSA) is 55.0 Å². The molecule has 0 fully saturated rings. The summed E-state index contributed by atoms with van der Waals surface area (Å²) in [5.41, 5.74) is 5.11. The Morgan fingerprint density at radius 2 is 2.00 bits per heavy atom. The molecule has 2 heterocycles. The van der Waals surface area contributed by atoms with Crippen molar-refractivity contribution in [3.05, 3.63) is 58.4 Å². The van der Waals surface area contributed by atoms with E-state index in [1.165, 1.54) is 5.57 Å². The molecule has 0 bridgehead atoms. The van der Waals surface area contributed by atoms with Gasteiger partial charge < -0.3 is 4.74 Å². The summed E-state index contributed by atoms with van der Waals surface area (Å²) in [5.74, 6) is 1.16. The number of carbonyl (C=O) groups is 1. The van der Waals surface area contributed by atoms with E-state index in [1.807, 2.05) is 24.4 Å². The molecule has 1 aliphatic heterocycles. The zero-order valence-electron chi connectivity index (χ0n) is 14.0. The fourth-order valence-corrected chi connectivity index (χ4v) is 4.94. The zero-order chi connectivity index (χ0) is 16.5. The molecule has 24 heavy (non-hydrogen) atoms. The summed E-state index contributed by atoms with van der Waals surface area (Å²) in [7, 11) is 0. The van der Waals surface area contributed by atoms with Gasteiger partial charge in [-0.15, -0.1) is 0 Å². The van der Waals surface area contributed by atoms with Crippen molar-refractivity contribution in [1.82, 2.24) is 10.2 Å². The van der Waals surface area contributed by atoms with Gasteiger partial charge in [-0.25, -0.2) is 0 Å². The number of carbonyl (C=O) groups excluding carboxylic acids is 1. The molecule has 5 rings (SSSR count). The maximum Gasteiger partial charge on any atom is 0.160 e. The van der Waals surface area contributed by atoms with Crippen LogP contribution in [0.15, 0.2) is 41.6 Å². The summed E-state index contributed by atoms with van der Waals surface area (Å²) in [5, 5.41) is 7.46. The van der Waals surface area contributed by atoms with Crippen molar-refractivity contribution in [2.45, 2.75) is 38.5 Å². The minimum Gasteiger partial charge on any atom is -0.492 e. The van der Waals surface area contributed by atoms with Gasteiger partial charge in [-0.1, -0.05) is 37.6 Å². The minimum atomic E-state index is -0.486. The lowest BCUT2D eigenvalue weighted by Crippen LogP contribution is -2.43. The average molecular weight is 320 g/mol. The maximum atomic E-state index is 13.2.